The Morgan fingerprint density at radius 1 is 1.29 bits per heavy atom. The lowest BCUT2D eigenvalue weighted by molar-refractivity contribution is 0.000350. The van der Waals surface area contributed by atoms with Crippen LogP contribution >= 0.6 is 11.6 Å². The molecule has 1 saturated heterocycles. The van der Waals surface area contributed by atoms with Gasteiger partial charge in [0.05, 0.1) is 19.3 Å². The topological polar surface area (TPSA) is 38.7 Å². The van der Waals surface area contributed by atoms with Crippen LogP contribution < -0.4 is 4.74 Å². The summed E-state index contributed by atoms with van der Waals surface area (Å²) in [7, 11) is 0. The smallest absolute Gasteiger partial charge is 0.125 e. The van der Waals surface area contributed by atoms with Crippen LogP contribution in [0.1, 0.15) is 30.4 Å². The van der Waals surface area contributed by atoms with E-state index in [9.17, 15) is 5.11 Å². The van der Waals surface area contributed by atoms with Crippen LogP contribution in [0.3, 0.4) is 0 Å². The average molecular weight is 309 g/mol. The monoisotopic (exact) mass is 308 g/mol. The number of aliphatic hydroxyl groups is 1. The van der Waals surface area contributed by atoms with Gasteiger partial charge in [0.15, 0.2) is 0 Å². The van der Waals surface area contributed by atoms with Crippen molar-refractivity contribution in [3.05, 3.63) is 28.3 Å². The molecule has 0 radical (unpaired) electrons. The number of hydrogen-bond donors (Lipinski definition) is 1. The first kappa shape index (κ1) is 13.9. The normalized spacial score (nSPS) is 31.2. The molecule has 3 aliphatic rings. The Kier molecular flexibility index (Phi) is 3.40. The predicted octanol–water partition coefficient (Wildman–Crippen LogP) is 3.00. The van der Waals surface area contributed by atoms with E-state index < -0.39 is 0 Å². The number of halogens is 1. The first-order valence-corrected chi connectivity index (χ1v) is 8.26. The van der Waals surface area contributed by atoms with Gasteiger partial charge < -0.3 is 14.6 Å². The molecule has 21 heavy (non-hydrogen) atoms. The van der Waals surface area contributed by atoms with E-state index in [1.165, 1.54) is 18.4 Å². The summed E-state index contributed by atoms with van der Waals surface area (Å²) < 4.78 is 11.8. The summed E-state index contributed by atoms with van der Waals surface area (Å²) in [4.78, 5) is 0. The van der Waals surface area contributed by atoms with Gasteiger partial charge in [-0.1, -0.05) is 11.6 Å². The molecule has 0 amide bonds. The summed E-state index contributed by atoms with van der Waals surface area (Å²) in [5.41, 5.74) is 2.18. The second-order valence-electron chi connectivity index (χ2n) is 6.73. The molecule has 2 aliphatic heterocycles. The molecular formula is C17H21ClO3. The third-order valence-electron chi connectivity index (χ3n) is 5.23. The molecule has 4 heteroatoms. The third-order valence-corrected chi connectivity index (χ3v) is 5.45. The van der Waals surface area contributed by atoms with Gasteiger partial charge in [0.25, 0.3) is 0 Å². The van der Waals surface area contributed by atoms with Crippen molar-refractivity contribution < 1.29 is 14.6 Å². The number of ether oxygens (including phenoxy) is 2. The summed E-state index contributed by atoms with van der Waals surface area (Å²) in [6.07, 6.45) is 5.31. The number of benzene rings is 1. The van der Waals surface area contributed by atoms with Gasteiger partial charge in [-0.2, -0.15) is 0 Å². The summed E-state index contributed by atoms with van der Waals surface area (Å²) >= 11 is 6.26. The third kappa shape index (κ3) is 2.36. The molecule has 0 aromatic heterocycles. The summed E-state index contributed by atoms with van der Waals surface area (Å²) in [5.74, 6) is 1.63. The first-order chi connectivity index (χ1) is 10.2. The molecule has 1 aliphatic carbocycles. The summed E-state index contributed by atoms with van der Waals surface area (Å²) in [6.45, 7) is 1.66. The zero-order valence-corrected chi connectivity index (χ0v) is 12.9. The second kappa shape index (κ2) is 5.15. The number of rotatable bonds is 4. The fraction of sp³-hybridized carbons (Fsp3) is 0.647. The van der Waals surface area contributed by atoms with Gasteiger partial charge in [-0.3, -0.25) is 0 Å². The van der Waals surface area contributed by atoms with Crippen molar-refractivity contribution in [2.24, 2.45) is 11.3 Å². The molecule has 1 N–H and O–H groups in total. The number of fused-ring (bicyclic) bond motifs is 1. The van der Waals surface area contributed by atoms with E-state index >= 15 is 0 Å². The van der Waals surface area contributed by atoms with Crippen molar-refractivity contribution in [3.8, 4) is 5.75 Å². The molecule has 0 bridgehead atoms. The summed E-state index contributed by atoms with van der Waals surface area (Å²) in [6, 6.07) is 4.01. The fourth-order valence-corrected chi connectivity index (χ4v) is 4.28. The zero-order valence-electron chi connectivity index (χ0n) is 12.1. The van der Waals surface area contributed by atoms with Crippen LogP contribution in [0.4, 0.5) is 0 Å². The molecule has 1 aromatic carbocycles. The van der Waals surface area contributed by atoms with Crippen LogP contribution in [-0.4, -0.2) is 31.0 Å². The van der Waals surface area contributed by atoms with Crippen LogP contribution in [0.25, 0.3) is 0 Å². The van der Waals surface area contributed by atoms with Crippen molar-refractivity contribution in [2.75, 3.05) is 19.8 Å². The van der Waals surface area contributed by atoms with Crippen LogP contribution in [-0.2, 0) is 17.6 Å². The van der Waals surface area contributed by atoms with E-state index in [1.807, 2.05) is 12.1 Å². The Labute approximate surface area is 130 Å². The number of aliphatic hydroxyl groups excluding tert-OH is 1. The Hall–Kier alpha value is -0.770. The van der Waals surface area contributed by atoms with Crippen molar-refractivity contribution in [3.63, 3.8) is 0 Å². The lowest BCUT2D eigenvalue weighted by Gasteiger charge is -2.33. The van der Waals surface area contributed by atoms with Crippen molar-refractivity contribution in [1.82, 2.24) is 0 Å². The molecule has 4 rings (SSSR count). The van der Waals surface area contributed by atoms with Crippen molar-refractivity contribution in [2.45, 2.75) is 38.2 Å². The van der Waals surface area contributed by atoms with E-state index in [2.05, 4.69) is 0 Å². The number of hydrogen-bond acceptors (Lipinski definition) is 3. The van der Waals surface area contributed by atoms with Crippen LogP contribution in [0.15, 0.2) is 12.1 Å². The highest BCUT2D eigenvalue weighted by atomic mass is 35.5. The van der Waals surface area contributed by atoms with Gasteiger partial charge in [-0.05, 0) is 54.9 Å². The highest BCUT2D eigenvalue weighted by molar-refractivity contribution is 6.30. The van der Waals surface area contributed by atoms with Gasteiger partial charge in [0.1, 0.15) is 5.75 Å². The quantitative estimate of drug-likeness (QED) is 0.929. The minimum Gasteiger partial charge on any atom is -0.493 e. The molecule has 2 fully saturated rings. The standard InChI is InChI=1S/C17H21ClO3/c18-14-7-12-3-5-20-15(12)13(8-14)9-17(10-19)4-6-21-16(17)11-1-2-11/h7-8,11,16,19H,1-6,9-10H2. The van der Waals surface area contributed by atoms with Gasteiger partial charge in [-0.15, -0.1) is 0 Å². The minimum absolute atomic E-state index is 0.161. The maximum absolute atomic E-state index is 10.1. The van der Waals surface area contributed by atoms with Gasteiger partial charge in [0.2, 0.25) is 0 Å². The molecule has 1 aromatic rings. The van der Waals surface area contributed by atoms with Gasteiger partial charge in [-0.25, -0.2) is 0 Å². The maximum Gasteiger partial charge on any atom is 0.125 e. The zero-order chi connectivity index (χ0) is 14.4. The second-order valence-corrected chi connectivity index (χ2v) is 7.16. The fourth-order valence-electron chi connectivity index (χ4n) is 4.01. The van der Waals surface area contributed by atoms with E-state index in [-0.39, 0.29) is 18.1 Å². The predicted molar refractivity (Wildman–Crippen MR) is 81.0 cm³/mol. The molecule has 2 atom stereocenters. The molecule has 114 valence electrons. The lowest BCUT2D eigenvalue weighted by atomic mass is 9.74. The van der Waals surface area contributed by atoms with Crippen molar-refractivity contribution in [1.29, 1.82) is 0 Å². The van der Waals surface area contributed by atoms with E-state index in [0.29, 0.717) is 5.92 Å². The highest BCUT2D eigenvalue weighted by Gasteiger charge is 2.51. The van der Waals surface area contributed by atoms with Crippen LogP contribution in [0.5, 0.6) is 5.75 Å². The van der Waals surface area contributed by atoms with Crippen LogP contribution in [0, 0.1) is 11.3 Å². The van der Waals surface area contributed by atoms with Crippen LogP contribution in [0.2, 0.25) is 5.02 Å². The maximum atomic E-state index is 10.1. The Bertz CT molecular complexity index is 555. The molecule has 1 saturated carbocycles. The molecule has 3 nitrogen and oxygen atoms in total. The highest BCUT2D eigenvalue weighted by Crippen LogP contribution is 2.50. The largest absolute Gasteiger partial charge is 0.493 e. The van der Waals surface area contributed by atoms with Gasteiger partial charge in [0, 0.05) is 23.5 Å². The van der Waals surface area contributed by atoms with Crippen molar-refractivity contribution >= 4 is 11.6 Å². The first-order valence-electron chi connectivity index (χ1n) is 7.88. The average Bonchev–Trinajstić information content (AvgIpc) is 3.05. The van der Waals surface area contributed by atoms with E-state index in [1.54, 1.807) is 0 Å². The Balaban J connectivity index is 1.68. The Morgan fingerprint density at radius 2 is 2.14 bits per heavy atom. The minimum atomic E-state index is -0.161. The molecule has 2 unspecified atom stereocenters. The lowest BCUT2D eigenvalue weighted by Crippen LogP contribution is -2.38. The van der Waals surface area contributed by atoms with E-state index in [0.717, 1.165) is 48.8 Å². The molecule has 0 spiro atoms. The SMILES string of the molecule is OCC1(Cc2cc(Cl)cc3c2OCC3)CCOC1C1CC1. The Morgan fingerprint density at radius 3 is 2.90 bits per heavy atom. The molecule has 2 heterocycles. The molecular weight excluding hydrogens is 288 g/mol. The van der Waals surface area contributed by atoms with Gasteiger partial charge >= 0.3 is 0 Å². The summed E-state index contributed by atoms with van der Waals surface area (Å²) in [5, 5.41) is 10.9. The van der Waals surface area contributed by atoms with E-state index in [4.69, 9.17) is 21.1 Å².